The van der Waals surface area contributed by atoms with Crippen LogP contribution in [0, 0.1) is 5.95 Å². The Bertz CT molecular complexity index is 326. The third-order valence-electron chi connectivity index (χ3n) is 2.50. The molecule has 15 heavy (non-hydrogen) atoms. The van der Waals surface area contributed by atoms with E-state index in [1.807, 2.05) is 14.1 Å². The molecule has 0 aliphatic rings. The van der Waals surface area contributed by atoms with Gasteiger partial charge in [-0.2, -0.15) is 4.39 Å². The summed E-state index contributed by atoms with van der Waals surface area (Å²) in [6.45, 7) is 4.62. The summed E-state index contributed by atoms with van der Waals surface area (Å²) in [4.78, 5) is 5.52. The highest BCUT2D eigenvalue weighted by Gasteiger charge is 2.21. The first-order chi connectivity index (χ1) is 6.92. The van der Waals surface area contributed by atoms with Gasteiger partial charge < -0.3 is 9.64 Å². The molecule has 0 saturated carbocycles. The third-order valence-corrected chi connectivity index (χ3v) is 2.50. The molecule has 84 valence electrons. The van der Waals surface area contributed by atoms with Crippen LogP contribution in [-0.2, 0) is 0 Å². The number of hydrogen-bond donors (Lipinski definition) is 0. The number of rotatable bonds is 4. The Morgan fingerprint density at radius 2 is 2.13 bits per heavy atom. The molecular weight excluding hydrogens is 195 g/mol. The van der Waals surface area contributed by atoms with Gasteiger partial charge in [0.2, 0.25) is 5.95 Å². The fourth-order valence-corrected chi connectivity index (χ4v) is 0.864. The van der Waals surface area contributed by atoms with Gasteiger partial charge in [0.15, 0.2) is 0 Å². The molecule has 0 N–H and O–H groups in total. The Morgan fingerprint density at radius 1 is 1.47 bits per heavy atom. The normalized spacial score (nSPS) is 11.9. The number of hydrogen-bond acceptors (Lipinski definition) is 3. The van der Waals surface area contributed by atoms with Crippen molar-refractivity contribution in [2.45, 2.75) is 19.4 Å². The van der Waals surface area contributed by atoms with Gasteiger partial charge in [0.05, 0.1) is 0 Å². The molecule has 0 saturated heterocycles. The van der Waals surface area contributed by atoms with Gasteiger partial charge in [-0.05, 0) is 34.0 Å². The zero-order chi connectivity index (χ0) is 11.5. The van der Waals surface area contributed by atoms with Crippen LogP contribution in [-0.4, -0.2) is 36.1 Å². The van der Waals surface area contributed by atoms with E-state index in [1.54, 1.807) is 6.07 Å². The Balaban J connectivity index is 2.57. The molecule has 0 aliphatic heterocycles. The van der Waals surface area contributed by atoms with E-state index in [2.05, 4.69) is 23.7 Å². The summed E-state index contributed by atoms with van der Waals surface area (Å²) in [5, 5.41) is 0. The predicted octanol–water partition coefficient (Wildman–Crippen LogP) is 1.94. The van der Waals surface area contributed by atoms with Crippen molar-refractivity contribution in [2.75, 3.05) is 20.7 Å². The van der Waals surface area contributed by atoms with Crippen LogP contribution in [0.1, 0.15) is 13.8 Å². The summed E-state index contributed by atoms with van der Waals surface area (Å²) in [5.74, 6) is -0.00687. The molecule has 3 nitrogen and oxygen atoms in total. The predicted molar refractivity (Wildman–Crippen MR) is 57.5 cm³/mol. The van der Waals surface area contributed by atoms with Crippen LogP contribution in [0.15, 0.2) is 18.3 Å². The molecule has 0 fully saturated rings. The molecule has 0 aromatic carbocycles. The number of halogens is 1. The first-order valence-corrected chi connectivity index (χ1v) is 4.83. The van der Waals surface area contributed by atoms with Crippen molar-refractivity contribution in [3.05, 3.63) is 24.3 Å². The van der Waals surface area contributed by atoms with Gasteiger partial charge >= 0.3 is 0 Å². The van der Waals surface area contributed by atoms with Crippen molar-refractivity contribution in [1.29, 1.82) is 0 Å². The van der Waals surface area contributed by atoms with E-state index in [-0.39, 0.29) is 5.54 Å². The second-order valence-corrected chi connectivity index (χ2v) is 4.31. The van der Waals surface area contributed by atoms with Gasteiger partial charge in [-0.1, -0.05) is 0 Å². The molecule has 1 rings (SSSR count). The monoisotopic (exact) mass is 212 g/mol. The van der Waals surface area contributed by atoms with Crippen LogP contribution in [0.2, 0.25) is 0 Å². The summed E-state index contributed by atoms with van der Waals surface area (Å²) in [6, 6.07) is 2.93. The van der Waals surface area contributed by atoms with Crippen molar-refractivity contribution in [3.63, 3.8) is 0 Å². The molecule has 1 heterocycles. The molecule has 0 spiro atoms. The van der Waals surface area contributed by atoms with Gasteiger partial charge in [0.25, 0.3) is 0 Å². The van der Waals surface area contributed by atoms with Crippen LogP contribution in [0.3, 0.4) is 0 Å². The molecule has 0 amide bonds. The summed E-state index contributed by atoms with van der Waals surface area (Å²) < 4.78 is 18.2. The highest BCUT2D eigenvalue weighted by Crippen LogP contribution is 2.15. The molecule has 0 atom stereocenters. The Morgan fingerprint density at radius 3 is 2.67 bits per heavy atom. The van der Waals surface area contributed by atoms with Gasteiger partial charge in [-0.25, -0.2) is 4.98 Å². The maximum atomic E-state index is 12.7. The van der Waals surface area contributed by atoms with E-state index in [1.165, 1.54) is 12.3 Å². The maximum Gasteiger partial charge on any atom is 0.216 e. The fraction of sp³-hybridized carbons (Fsp3) is 0.545. The van der Waals surface area contributed by atoms with E-state index in [4.69, 9.17) is 4.74 Å². The zero-order valence-electron chi connectivity index (χ0n) is 9.62. The molecule has 4 heteroatoms. The summed E-state index contributed by atoms with van der Waals surface area (Å²) >= 11 is 0. The Kier molecular flexibility index (Phi) is 3.63. The summed E-state index contributed by atoms with van der Waals surface area (Å²) in [7, 11) is 3.97. The van der Waals surface area contributed by atoms with Crippen LogP contribution >= 0.6 is 0 Å². The first kappa shape index (κ1) is 11.9. The molecule has 0 aliphatic carbocycles. The molecule has 0 bridgehead atoms. The number of ether oxygens (including phenoxy) is 1. The van der Waals surface area contributed by atoms with Crippen LogP contribution in [0.5, 0.6) is 5.75 Å². The van der Waals surface area contributed by atoms with E-state index >= 15 is 0 Å². The van der Waals surface area contributed by atoms with Gasteiger partial charge in [-0.15, -0.1) is 0 Å². The molecule has 0 unspecified atom stereocenters. The van der Waals surface area contributed by atoms with E-state index in [0.29, 0.717) is 12.4 Å². The van der Waals surface area contributed by atoms with Crippen LogP contribution < -0.4 is 4.74 Å². The summed E-state index contributed by atoms with van der Waals surface area (Å²) in [5.41, 5.74) is -0.0836. The van der Waals surface area contributed by atoms with Crippen molar-refractivity contribution in [1.82, 2.24) is 9.88 Å². The lowest BCUT2D eigenvalue weighted by molar-refractivity contribution is 0.113. The smallest absolute Gasteiger partial charge is 0.216 e. The number of likely N-dealkylation sites (N-methyl/N-ethyl adjacent to an activating group) is 1. The van der Waals surface area contributed by atoms with E-state index in [0.717, 1.165) is 0 Å². The van der Waals surface area contributed by atoms with Gasteiger partial charge in [0.1, 0.15) is 12.4 Å². The summed E-state index contributed by atoms with van der Waals surface area (Å²) in [6.07, 6.45) is 1.40. The second-order valence-electron chi connectivity index (χ2n) is 4.31. The molecule has 0 radical (unpaired) electrons. The maximum absolute atomic E-state index is 12.7. The first-order valence-electron chi connectivity index (χ1n) is 4.83. The van der Waals surface area contributed by atoms with Crippen molar-refractivity contribution >= 4 is 0 Å². The molecular formula is C11H17FN2O. The highest BCUT2D eigenvalue weighted by atomic mass is 19.1. The average molecular weight is 212 g/mol. The van der Waals surface area contributed by atoms with Crippen LogP contribution in [0.4, 0.5) is 4.39 Å². The van der Waals surface area contributed by atoms with Gasteiger partial charge in [0, 0.05) is 17.8 Å². The van der Waals surface area contributed by atoms with E-state index < -0.39 is 5.95 Å². The third kappa shape index (κ3) is 3.47. The highest BCUT2D eigenvalue weighted by molar-refractivity contribution is 5.18. The standard InChI is InChI=1S/C11H17FN2O/c1-11(2,14(3)4)8-15-9-5-6-13-10(12)7-9/h5-7H,8H2,1-4H3. The topological polar surface area (TPSA) is 25.4 Å². The second kappa shape index (κ2) is 4.57. The minimum absolute atomic E-state index is 0.0836. The van der Waals surface area contributed by atoms with Crippen molar-refractivity contribution in [2.24, 2.45) is 0 Å². The minimum Gasteiger partial charge on any atom is -0.491 e. The van der Waals surface area contributed by atoms with Crippen molar-refractivity contribution < 1.29 is 9.13 Å². The lowest BCUT2D eigenvalue weighted by Crippen LogP contribution is -2.43. The Hall–Kier alpha value is -1.16. The van der Waals surface area contributed by atoms with Crippen LogP contribution in [0.25, 0.3) is 0 Å². The van der Waals surface area contributed by atoms with E-state index in [9.17, 15) is 4.39 Å². The number of pyridine rings is 1. The SMILES string of the molecule is CN(C)C(C)(C)COc1ccnc(F)c1. The number of aromatic nitrogens is 1. The molecule has 1 aromatic rings. The molecule has 1 aromatic heterocycles. The minimum atomic E-state index is -0.518. The largest absolute Gasteiger partial charge is 0.491 e. The van der Waals surface area contributed by atoms with Crippen molar-refractivity contribution in [3.8, 4) is 5.75 Å². The average Bonchev–Trinajstić information content (AvgIpc) is 2.15. The zero-order valence-corrected chi connectivity index (χ0v) is 9.62. The van der Waals surface area contributed by atoms with Gasteiger partial charge in [-0.3, -0.25) is 0 Å². The lowest BCUT2D eigenvalue weighted by atomic mass is 10.1. The Labute approximate surface area is 89.9 Å². The quantitative estimate of drug-likeness (QED) is 0.713. The number of nitrogens with zero attached hydrogens (tertiary/aromatic N) is 2. The fourth-order valence-electron chi connectivity index (χ4n) is 0.864. The lowest BCUT2D eigenvalue weighted by Gasteiger charge is -2.32.